The van der Waals surface area contributed by atoms with Crippen LogP contribution in [0.2, 0.25) is 0 Å². The molecule has 1 aromatic rings. The number of ether oxygens (including phenoxy) is 1. The van der Waals surface area contributed by atoms with Gasteiger partial charge in [0.1, 0.15) is 5.00 Å². The molecule has 3 rings (SSSR count). The van der Waals surface area contributed by atoms with Crippen molar-refractivity contribution < 1.29 is 24.2 Å². The number of carboxylic acids is 1. The van der Waals surface area contributed by atoms with Crippen LogP contribution in [0.5, 0.6) is 0 Å². The van der Waals surface area contributed by atoms with E-state index in [0.29, 0.717) is 17.0 Å². The maximum Gasteiger partial charge on any atom is 0.341 e. The molecule has 1 saturated carbocycles. The second kappa shape index (κ2) is 7.56. The first-order valence-corrected chi connectivity index (χ1v) is 9.69. The van der Waals surface area contributed by atoms with Gasteiger partial charge < -0.3 is 15.2 Å². The summed E-state index contributed by atoms with van der Waals surface area (Å²) >= 11 is 1.44. The van der Waals surface area contributed by atoms with Crippen molar-refractivity contribution in [1.29, 1.82) is 0 Å². The number of carbonyl (C=O) groups is 3. The van der Waals surface area contributed by atoms with E-state index < -0.39 is 23.8 Å². The lowest BCUT2D eigenvalue weighted by Crippen LogP contribution is -2.18. The molecule has 0 saturated heterocycles. The highest BCUT2D eigenvalue weighted by Gasteiger charge is 2.48. The van der Waals surface area contributed by atoms with E-state index in [1.165, 1.54) is 17.8 Å². The van der Waals surface area contributed by atoms with Gasteiger partial charge in [-0.2, -0.15) is 0 Å². The second-order valence-corrected chi connectivity index (χ2v) is 7.72. The van der Waals surface area contributed by atoms with Gasteiger partial charge in [-0.05, 0) is 44.6 Å². The molecule has 1 heterocycles. The molecule has 2 unspecified atom stereocenters. The van der Waals surface area contributed by atoms with Crippen molar-refractivity contribution in [1.82, 2.24) is 0 Å². The van der Waals surface area contributed by atoms with Crippen molar-refractivity contribution in [2.45, 2.75) is 51.9 Å². The first-order valence-electron chi connectivity index (χ1n) is 8.88. The van der Waals surface area contributed by atoms with Crippen molar-refractivity contribution in [2.75, 3.05) is 11.9 Å². The molecule has 0 radical (unpaired) electrons. The van der Waals surface area contributed by atoms with Crippen molar-refractivity contribution in [3.63, 3.8) is 0 Å². The second-order valence-electron chi connectivity index (χ2n) is 6.62. The van der Waals surface area contributed by atoms with E-state index >= 15 is 0 Å². The Hall–Kier alpha value is -1.89. The predicted molar refractivity (Wildman–Crippen MR) is 94.0 cm³/mol. The maximum atomic E-state index is 12.5. The highest BCUT2D eigenvalue weighted by Crippen LogP contribution is 2.42. The van der Waals surface area contributed by atoms with E-state index in [9.17, 15) is 14.4 Å². The van der Waals surface area contributed by atoms with Crippen LogP contribution in [0.25, 0.3) is 0 Å². The van der Waals surface area contributed by atoms with Crippen molar-refractivity contribution in [3.8, 4) is 0 Å². The average molecular weight is 365 g/mol. The zero-order valence-corrected chi connectivity index (χ0v) is 15.1. The number of hydrogen-bond donors (Lipinski definition) is 2. The smallest absolute Gasteiger partial charge is 0.341 e. The lowest BCUT2D eigenvalue weighted by Gasteiger charge is -2.11. The lowest BCUT2D eigenvalue weighted by molar-refractivity contribution is -0.139. The molecular formula is C18H23NO5S. The fourth-order valence-corrected chi connectivity index (χ4v) is 4.67. The lowest BCUT2D eigenvalue weighted by atomic mass is 9.96. The predicted octanol–water partition coefficient (Wildman–Crippen LogP) is 3.24. The molecule has 25 heavy (non-hydrogen) atoms. The molecule has 136 valence electrons. The van der Waals surface area contributed by atoms with E-state index in [0.717, 1.165) is 42.5 Å². The molecule has 0 aromatic carbocycles. The van der Waals surface area contributed by atoms with Crippen LogP contribution in [0, 0.1) is 11.8 Å². The van der Waals surface area contributed by atoms with E-state index in [-0.39, 0.29) is 12.5 Å². The Labute approximate surface area is 150 Å². The number of amides is 1. The van der Waals surface area contributed by atoms with E-state index in [1.54, 1.807) is 6.92 Å². The molecule has 1 fully saturated rings. The molecule has 2 N–H and O–H groups in total. The summed E-state index contributed by atoms with van der Waals surface area (Å²) in [6, 6.07) is 0. The molecule has 0 aliphatic heterocycles. The summed E-state index contributed by atoms with van der Waals surface area (Å²) < 4.78 is 5.20. The highest BCUT2D eigenvalue weighted by molar-refractivity contribution is 7.17. The number of rotatable bonds is 5. The van der Waals surface area contributed by atoms with Crippen LogP contribution < -0.4 is 5.32 Å². The average Bonchev–Trinajstić information content (AvgIpc) is 3.28. The van der Waals surface area contributed by atoms with Crippen LogP contribution in [0.4, 0.5) is 5.00 Å². The molecule has 1 aromatic heterocycles. The minimum atomic E-state index is -0.941. The SMILES string of the molecule is CCOC(=O)c1c(NC(=O)C2CC2C(=O)O)sc2c1CCCCCC2. The molecule has 2 aliphatic carbocycles. The number of carbonyl (C=O) groups excluding carboxylic acids is 2. The molecule has 7 heteroatoms. The number of esters is 1. The highest BCUT2D eigenvalue weighted by atomic mass is 32.1. The normalized spacial score (nSPS) is 22.3. The zero-order valence-electron chi connectivity index (χ0n) is 14.3. The number of anilines is 1. The molecular weight excluding hydrogens is 342 g/mol. The maximum absolute atomic E-state index is 12.5. The summed E-state index contributed by atoms with van der Waals surface area (Å²) in [7, 11) is 0. The third kappa shape index (κ3) is 3.86. The number of nitrogens with one attached hydrogen (secondary N) is 1. The topological polar surface area (TPSA) is 92.7 Å². The Kier molecular flexibility index (Phi) is 5.42. The summed E-state index contributed by atoms with van der Waals surface area (Å²) in [5, 5.41) is 12.3. The quantitative estimate of drug-likeness (QED) is 0.782. The van der Waals surface area contributed by atoms with Gasteiger partial charge in [0.05, 0.1) is 24.0 Å². The molecule has 0 bridgehead atoms. The standard InChI is InChI=1S/C18H23NO5S/c1-2-24-18(23)14-10-7-5-3-4-6-8-13(10)25-16(14)19-15(20)11-9-12(11)17(21)22/h11-12H,2-9H2,1H3,(H,19,20)(H,21,22). The molecule has 2 aliphatic rings. The van der Waals surface area contributed by atoms with Gasteiger partial charge in [0.25, 0.3) is 0 Å². The van der Waals surface area contributed by atoms with E-state index in [2.05, 4.69) is 5.32 Å². The Bertz CT molecular complexity index is 696. The van der Waals surface area contributed by atoms with Gasteiger partial charge in [-0.3, -0.25) is 9.59 Å². The van der Waals surface area contributed by atoms with Gasteiger partial charge in [0.2, 0.25) is 5.91 Å². The van der Waals surface area contributed by atoms with Gasteiger partial charge in [-0.1, -0.05) is 12.8 Å². The largest absolute Gasteiger partial charge is 0.481 e. The van der Waals surface area contributed by atoms with Crippen LogP contribution in [0.1, 0.15) is 59.8 Å². The van der Waals surface area contributed by atoms with Gasteiger partial charge in [-0.15, -0.1) is 11.3 Å². The van der Waals surface area contributed by atoms with E-state index in [4.69, 9.17) is 9.84 Å². The summed E-state index contributed by atoms with van der Waals surface area (Å²) in [4.78, 5) is 36.9. The van der Waals surface area contributed by atoms with Gasteiger partial charge in [0, 0.05) is 4.88 Å². The molecule has 2 atom stereocenters. The van der Waals surface area contributed by atoms with Gasteiger partial charge in [0.15, 0.2) is 0 Å². The van der Waals surface area contributed by atoms with Crippen LogP contribution in [0.3, 0.4) is 0 Å². The summed E-state index contributed by atoms with van der Waals surface area (Å²) in [6.07, 6.45) is 6.50. The number of aryl methyl sites for hydroxylation is 1. The minimum Gasteiger partial charge on any atom is -0.481 e. The van der Waals surface area contributed by atoms with Crippen LogP contribution >= 0.6 is 11.3 Å². The number of carboxylic acid groups (broad SMARTS) is 1. The number of aliphatic carboxylic acids is 1. The summed E-state index contributed by atoms with van der Waals surface area (Å²) in [5.41, 5.74) is 1.48. The summed E-state index contributed by atoms with van der Waals surface area (Å²) in [5.74, 6) is -2.76. The zero-order chi connectivity index (χ0) is 18.0. The minimum absolute atomic E-state index is 0.278. The van der Waals surface area contributed by atoms with Crippen molar-refractivity contribution in [3.05, 3.63) is 16.0 Å². The van der Waals surface area contributed by atoms with Crippen LogP contribution in [-0.2, 0) is 27.2 Å². The first-order chi connectivity index (χ1) is 12.0. The Morgan fingerprint density at radius 2 is 1.88 bits per heavy atom. The van der Waals surface area contributed by atoms with Crippen LogP contribution in [-0.4, -0.2) is 29.6 Å². The molecule has 6 nitrogen and oxygen atoms in total. The van der Waals surface area contributed by atoms with Crippen molar-refractivity contribution >= 4 is 34.2 Å². The van der Waals surface area contributed by atoms with Crippen LogP contribution in [0.15, 0.2) is 0 Å². The van der Waals surface area contributed by atoms with Gasteiger partial charge >= 0.3 is 11.9 Å². The van der Waals surface area contributed by atoms with E-state index in [1.807, 2.05) is 0 Å². The number of hydrogen-bond acceptors (Lipinski definition) is 5. The van der Waals surface area contributed by atoms with Crippen molar-refractivity contribution in [2.24, 2.45) is 11.8 Å². The monoisotopic (exact) mass is 365 g/mol. The third-order valence-corrected chi connectivity index (χ3v) is 6.04. The Morgan fingerprint density at radius 3 is 2.52 bits per heavy atom. The third-order valence-electron chi connectivity index (χ3n) is 4.83. The fraction of sp³-hybridized carbons (Fsp3) is 0.611. The molecule has 0 spiro atoms. The fourth-order valence-electron chi connectivity index (χ4n) is 3.39. The van der Waals surface area contributed by atoms with Gasteiger partial charge in [-0.25, -0.2) is 4.79 Å². The molecule has 1 amide bonds. The summed E-state index contributed by atoms with van der Waals surface area (Å²) in [6.45, 7) is 2.04. The number of thiophene rings is 1. The Balaban J connectivity index is 1.86. The first kappa shape index (κ1) is 17.9. The number of fused-ring (bicyclic) bond motifs is 1. The Morgan fingerprint density at radius 1 is 1.16 bits per heavy atom.